The van der Waals surface area contributed by atoms with E-state index in [4.69, 9.17) is 20.3 Å². The summed E-state index contributed by atoms with van der Waals surface area (Å²) in [5.74, 6) is 1.45. The fourth-order valence-corrected chi connectivity index (χ4v) is 10.8. The van der Waals surface area contributed by atoms with Crippen molar-refractivity contribution in [2.45, 2.75) is 50.6 Å². The summed E-state index contributed by atoms with van der Waals surface area (Å²) < 4.78 is 35.8. The summed E-state index contributed by atoms with van der Waals surface area (Å²) in [6.07, 6.45) is 0.843. The van der Waals surface area contributed by atoms with Gasteiger partial charge in [-0.15, -0.1) is 5.10 Å². The van der Waals surface area contributed by atoms with Gasteiger partial charge in [0.2, 0.25) is 0 Å². The summed E-state index contributed by atoms with van der Waals surface area (Å²) in [6, 6.07) is 57.4. The van der Waals surface area contributed by atoms with Crippen LogP contribution in [0.4, 0.5) is 0 Å². The quantitative estimate of drug-likeness (QED) is 0.113. The van der Waals surface area contributed by atoms with Gasteiger partial charge in [-0.1, -0.05) is 159 Å². The molecule has 0 unspecified atom stereocenters. The van der Waals surface area contributed by atoms with Crippen LogP contribution in [-0.2, 0) is 34.9 Å². The summed E-state index contributed by atoms with van der Waals surface area (Å²) in [5.41, 5.74) is 9.48. The van der Waals surface area contributed by atoms with E-state index in [-0.39, 0.29) is 11.3 Å². The third-order valence-corrected chi connectivity index (χ3v) is 13.7. The lowest BCUT2D eigenvalue weighted by Crippen LogP contribution is -2.40. The first-order chi connectivity index (χ1) is 30.8. The van der Waals surface area contributed by atoms with Crippen molar-refractivity contribution in [2.24, 2.45) is 0 Å². The molecule has 10 nitrogen and oxygen atoms in total. The monoisotopic (exact) mass is 844 g/mol. The predicted molar refractivity (Wildman–Crippen MR) is 247 cm³/mol. The number of hydrogen-bond donors (Lipinski definition) is 0. The SMILES string of the molecule is CCc1nc2c(C)cc(C)nc2n1Cc1ccc(-c2c(Cc3nnnn3C(c3ccccc3)(c3ccccc3)c3ccccc3)n(S(=O)(=O)c3ccccc3)c3ccccc23)cc1. The van der Waals surface area contributed by atoms with E-state index >= 15 is 8.42 Å². The van der Waals surface area contributed by atoms with Gasteiger partial charge in [0.15, 0.2) is 11.5 Å². The third kappa shape index (κ3) is 6.72. The molecular weight excluding hydrogens is 801 g/mol. The van der Waals surface area contributed by atoms with Gasteiger partial charge in [-0.2, -0.15) is 0 Å². The Morgan fingerprint density at radius 1 is 0.635 bits per heavy atom. The van der Waals surface area contributed by atoms with Gasteiger partial charge in [0.1, 0.15) is 16.9 Å². The Bertz CT molecular complexity index is 3250. The van der Waals surface area contributed by atoms with E-state index in [1.54, 1.807) is 24.3 Å². The molecule has 310 valence electrons. The summed E-state index contributed by atoms with van der Waals surface area (Å²) >= 11 is 0. The molecule has 0 aliphatic carbocycles. The van der Waals surface area contributed by atoms with Gasteiger partial charge >= 0.3 is 0 Å². The number of tetrazole rings is 1. The van der Waals surface area contributed by atoms with Gasteiger partial charge in [0.05, 0.1) is 29.1 Å². The second-order valence-corrected chi connectivity index (χ2v) is 17.6. The van der Waals surface area contributed by atoms with Crippen molar-refractivity contribution in [1.82, 2.24) is 38.7 Å². The highest BCUT2D eigenvalue weighted by Crippen LogP contribution is 2.43. The Balaban J connectivity index is 1.19. The van der Waals surface area contributed by atoms with E-state index in [9.17, 15) is 0 Å². The second-order valence-electron chi connectivity index (χ2n) is 15.8. The zero-order valence-electron chi connectivity index (χ0n) is 35.2. The molecule has 0 N–H and O–H groups in total. The van der Waals surface area contributed by atoms with Gasteiger partial charge in [-0.3, -0.25) is 0 Å². The van der Waals surface area contributed by atoms with E-state index in [2.05, 4.69) is 90.4 Å². The fraction of sp³-hybridized carbons (Fsp3) is 0.135. The van der Waals surface area contributed by atoms with Crippen LogP contribution in [0.5, 0.6) is 0 Å². The first-order valence-corrected chi connectivity index (χ1v) is 22.5. The molecule has 4 heterocycles. The van der Waals surface area contributed by atoms with Gasteiger partial charge in [0.25, 0.3) is 10.0 Å². The molecule has 10 rings (SSSR count). The molecule has 0 aliphatic rings. The molecule has 10 aromatic rings. The van der Waals surface area contributed by atoms with Crippen LogP contribution in [0.15, 0.2) is 181 Å². The predicted octanol–water partition coefficient (Wildman–Crippen LogP) is 9.94. The molecule has 0 saturated carbocycles. The van der Waals surface area contributed by atoms with Crippen LogP contribution in [0.25, 0.3) is 33.2 Å². The number of aryl methyl sites for hydroxylation is 3. The van der Waals surface area contributed by atoms with Crippen molar-refractivity contribution >= 4 is 32.1 Å². The Morgan fingerprint density at radius 3 is 1.81 bits per heavy atom. The zero-order chi connectivity index (χ0) is 43.1. The molecule has 4 aromatic heterocycles. The Kier molecular flexibility index (Phi) is 10.1. The van der Waals surface area contributed by atoms with Gasteiger partial charge in [-0.05, 0) is 81.9 Å². The van der Waals surface area contributed by atoms with Crippen LogP contribution in [-0.4, -0.2) is 47.1 Å². The van der Waals surface area contributed by atoms with Gasteiger partial charge in [0, 0.05) is 23.1 Å². The average molecular weight is 845 g/mol. The molecule has 11 heteroatoms. The number of hydrogen-bond acceptors (Lipinski definition) is 7. The summed E-state index contributed by atoms with van der Waals surface area (Å²) in [5, 5.41) is 14.7. The van der Waals surface area contributed by atoms with Crippen molar-refractivity contribution in [2.75, 3.05) is 0 Å². The molecule has 0 aliphatic heterocycles. The molecule has 0 fully saturated rings. The standard InChI is InChI=1S/C52H44N8O2S/c1-4-47-54-50-36(2)33-37(3)53-51(50)58(47)35-38-29-31-39(32-30-38)49-44-27-17-18-28-45(44)59(63(61,62)43-25-15-8-16-26-43)46(49)34-48-55-56-57-60(48)52(40-19-9-5-10-20-40,41-21-11-6-12-22-41)42-23-13-7-14-24-42/h5-33H,4,34-35H2,1-3H3. The van der Waals surface area contributed by atoms with Crippen molar-refractivity contribution in [3.63, 3.8) is 0 Å². The number of fused-ring (bicyclic) bond motifs is 2. The van der Waals surface area contributed by atoms with Crippen LogP contribution in [0.3, 0.4) is 0 Å². The lowest BCUT2D eigenvalue weighted by molar-refractivity contribution is 0.432. The lowest BCUT2D eigenvalue weighted by atomic mass is 9.77. The topological polar surface area (TPSA) is 113 Å². The molecule has 0 radical (unpaired) electrons. The van der Waals surface area contributed by atoms with Crippen molar-refractivity contribution in [3.05, 3.63) is 227 Å². The molecule has 6 aromatic carbocycles. The smallest absolute Gasteiger partial charge is 0.268 e. The Labute approximate surface area is 366 Å². The fourth-order valence-electron chi connectivity index (χ4n) is 9.19. The summed E-state index contributed by atoms with van der Waals surface area (Å²) in [4.78, 5) is 10.1. The van der Waals surface area contributed by atoms with Crippen molar-refractivity contribution < 1.29 is 8.42 Å². The molecule has 63 heavy (non-hydrogen) atoms. The van der Waals surface area contributed by atoms with E-state index in [0.29, 0.717) is 23.6 Å². The number of pyridine rings is 1. The van der Waals surface area contributed by atoms with Crippen molar-refractivity contribution in [3.8, 4) is 11.1 Å². The van der Waals surface area contributed by atoms with E-state index in [1.807, 2.05) is 96.5 Å². The molecular formula is C52H44N8O2S. The normalized spacial score (nSPS) is 12.0. The third-order valence-electron chi connectivity index (χ3n) is 12.0. The summed E-state index contributed by atoms with van der Waals surface area (Å²) in [6.45, 7) is 6.80. The minimum atomic E-state index is -4.15. The number of nitrogens with zero attached hydrogens (tertiary/aromatic N) is 8. The van der Waals surface area contributed by atoms with E-state index < -0.39 is 15.6 Å². The van der Waals surface area contributed by atoms with Crippen LogP contribution < -0.4 is 0 Å². The van der Waals surface area contributed by atoms with Crippen LogP contribution in [0.2, 0.25) is 0 Å². The molecule has 0 amide bonds. The Hall–Kier alpha value is -7.50. The van der Waals surface area contributed by atoms with Gasteiger partial charge in [-0.25, -0.2) is 27.0 Å². The highest BCUT2D eigenvalue weighted by molar-refractivity contribution is 7.90. The first-order valence-electron chi connectivity index (χ1n) is 21.1. The minimum Gasteiger partial charge on any atom is -0.308 e. The molecule has 0 atom stereocenters. The molecule has 0 spiro atoms. The highest BCUT2D eigenvalue weighted by atomic mass is 32.2. The van der Waals surface area contributed by atoms with Crippen molar-refractivity contribution in [1.29, 1.82) is 0 Å². The average Bonchev–Trinajstić information content (AvgIpc) is 4.03. The number of benzene rings is 6. The minimum absolute atomic E-state index is 0.0737. The zero-order valence-corrected chi connectivity index (χ0v) is 36.0. The lowest BCUT2D eigenvalue weighted by Gasteiger charge is -2.36. The number of para-hydroxylation sites is 1. The molecule has 0 bridgehead atoms. The Morgan fingerprint density at radius 2 is 1.21 bits per heavy atom. The maximum atomic E-state index is 15.1. The maximum Gasteiger partial charge on any atom is 0.268 e. The number of rotatable bonds is 12. The van der Waals surface area contributed by atoms with E-state index in [0.717, 1.165) is 73.4 Å². The summed E-state index contributed by atoms with van der Waals surface area (Å²) in [7, 11) is -4.15. The van der Waals surface area contributed by atoms with Crippen LogP contribution in [0.1, 0.15) is 57.8 Å². The molecule has 0 saturated heterocycles. The first kappa shape index (κ1) is 39.6. The second kappa shape index (κ2) is 16.1. The van der Waals surface area contributed by atoms with Crippen LogP contribution >= 0.6 is 0 Å². The highest BCUT2D eigenvalue weighted by Gasteiger charge is 2.42. The number of aromatic nitrogens is 8. The van der Waals surface area contributed by atoms with E-state index in [1.165, 1.54) is 3.97 Å². The number of imidazole rings is 1. The van der Waals surface area contributed by atoms with Crippen LogP contribution in [0, 0.1) is 13.8 Å². The largest absolute Gasteiger partial charge is 0.308 e. The maximum absolute atomic E-state index is 15.1. The van der Waals surface area contributed by atoms with Gasteiger partial charge < -0.3 is 4.57 Å².